The molecule has 0 atom stereocenters. The van der Waals surface area contributed by atoms with Crippen LogP contribution in [-0.4, -0.2) is 38.3 Å². The van der Waals surface area contributed by atoms with E-state index in [1.54, 1.807) is 35.7 Å². The minimum Gasteiger partial charge on any atom is -0.489 e. The number of carbonyl (C=O) groups is 1. The van der Waals surface area contributed by atoms with Crippen LogP contribution in [0.15, 0.2) is 46.0 Å². The summed E-state index contributed by atoms with van der Waals surface area (Å²) in [5, 5.41) is 4.38. The Morgan fingerprint density at radius 2 is 1.96 bits per heavy atom. The predicted octanol–water partition coefficient (Wildman–Crippen LogP) is 2.79. The molecule has 0 spiro atoms. The Balaban J connectivity index is 2.06. The number of amides is 1. The molecule has 6 nitrogen and oxygen atoms in total. The molecule has 130 valence electrons. The van der Waals surface area contributed by atoms with Crippen molar-refractivity contribution >= 4 is 33.0 Å². The van der Waals surface area contributed by atoms with E-state index in [1.807, 2.05) is 13.8 Å². The number of carbonyl (C=O) groups excluding carboxylic acids is 1. The SMILES string of the molecule is CC(C)Oc1ccccc1NC(=O)CN(C)S(=O)(=O)c1cccs1. The van der Waals surface area contributed by atoms with Gasteiger partial charge in [0.05, 0.1) is 18.3 Å². The third-order valence-corrected chi connectivity index (χ3v) is 6.23. The lowest BCUT2D eigenvalue weighted by molar-refractivity contribution is -0.116. The summed E-state index contributed by atoms with van der Waals surface area (Å²) >= 11 is 1.12. The quantitative estimate of drug-likeness (QED) is 0.815. The van der Waals surface area contributed by atoms with Gasteiger partial charge in [-0.05, 0) is 37.4 Å². The van der Waals surface area contributed by atoms with Gasteiger partial charge >= 0.3 is 0 Å². The average Bonchev–Trinajstić information content (AvgIpc) is 3.03. The lowest BCUT2D eigenvalue weighted by Gasteiger charge is -2.17. The van der Waals surface area contributed by atoms with Gasteiger partial charge in [0, 0.05) is 7.05 Å². The highest BCUT2D eigenvalue weighted by Gasteiger charge is 2.24. The number of benzene rings is 1. The molecule has 0 radical (unpaired) electrons. The second-order valence-electron chi connectivity index (χ2n) is 5.40. The van der Waals surface area contributed by atoms with Crippen molar-refractivity contribution in [3.63, 3.8) is 0 Å². The van der Waals surface area contributed by atoms with Crippen LogP contribution in [0.3, 0.4) is 0 Å². The Morgan fingerprint density at radius 1 is 1.25 bits per heavy atom. The number of anilines is 1. The number of hydrogen-bond donors (Lipinski definition) is 1. The van der Waals surface area contributed by atoms with Gasteiger partial charge in [0.1, 0.15) is 9.96 Å². The van der Waals surface area contributed by atoms with Crippen LogP contribution in [0.1, 0.15) is 13.8 Å². The van der Waals surface area contributed by atoms with E-state index < -0.39 is 15.9 Å². The van der Waals surface area contributed by atoms with Crippen LogP contribution in [-0.2, 0) is 14.8 Å². The third-order valence-electron chi connectivity index (χ3n) is 3.05. The van der Waals surface area contributed by atoms with Crippen LogP contribution >= 0.6 is 11.3 Å². The fourth-order valence-corrected chi connectivity index (χ4v) is 4.30. The summed E-state index contributed by atoms with van der Waals surface area (Å²) in [6.07, 6.45) is -0.0371. The minimum absolute atomic E-state index is 0.0371. The van der Waals surface area contributed by atoms with E-state index in [0.29, 0.717) is 11.4 Å². The molecule has 0 bridgehead atoms. The Kier molecular flexibility index (Phi) is 5.98. The number of likely N-dealkylation sites (N-methyl/N-ethyl adjacent to an activating group) is 1. The van der Waals surface area contributed by atoms with E-state index in [-0.39, 0.29) is 16.9 Å². The molecule has 0 unspecified atom stereocenters. The summed E-state index contributed by atoms with van der Waals surface area (Å²) in [6.45, 7) is 3.50. The smallest absolute Gasteiger partial charge is 0.252 e. The second kappa shape index (κ2) is 7.78. The molecule has 1 aromatic heterocycles. The zero-order valence-electron chi connectivity index (χ0n) is 13.7. The lowest BCUT2D eigenvalue weighted by atomic mass is 10.3. The molecule has 8 heteroatoms. The molecule has 1 heterocycles. The number of para-hydroxylation sites is 2. The summed E-state index contributed by atoms with van der Waals surface area (Å²) in [4.78, 5) is 12.2. The molecule has 1 aromatic carbocycles. The van der Waals surface area contributed by atoms with Gasteiger partial charge in [0.25, 0.3) is 10.0 Å². The van der Waals surface area contributed by atoms with Crippen molar-refractivity contribution in [1.29, 1.82) is 0 Å². The molecule has 24 heavy (non-hydrogen) atoms. The van der Waals surface area contributed by atoms with E-state index in [0.717, 1.165) is 15.6 Å². The first-order valence-electron chi connectivity index (χ1n) is 7.36. The van der Waals surface area contributed by atoms with Gasteiger partial charge in [-0.3, -0.25) is 4.79 Å². The van der Waals surface area contributed by atoms with Crippen LogP contribution in [0, 0.1) is 0 Å². The maximum atomic E-state index is 12.3. The first-order chi connectivity index (χ1) is 11.3. The monoisotopic (exact) mass is 368 g/mol. The van der Waals surface area contributed by atoms with Gasteiger partial charge in [-0.2, -0.15) is 4.31 Å². The van der Waals surface area contributed by atoms with Gasteiger partial charge in [-0.25, -0.2) is 8.42 Å². The standard InChI is InChI=1S/C16H20N2O4S2/c1-12(2)22-14-8-5-4-7-13(14)17-15(19)11-18(3)24(20,21)16-9-6-10-23-16/h4-10,12H,11H2,1-3H3,(H,17,19). The highest BCUT2D eigenvalue weighted by atomic mass is 32.2. The van der Waals surface area contributed by atoms with Crippen molar-refractivity contribution in [2.75, 3.05) is 18.9 Å². The maximum absolute atomic E-state index is 12.3. The zero-order valence-corrected chi connectivity index (χ0v) is 15.4. The maximum Gasteiger partial charge on any atom is 0.252 e. The lowest BCUT2D eigenvalue weighted by Crippen LogP contribution is -2.34. The van der Waals surface area contributed by atoms with Crippen molar-refractivity contribution in [2.45, 2.75) is 24.2 Å². The van der Waals surface area contributed by atoms with Crippen molar-refractivity contribution in [3.05, 3.63) is 41.8 Å². The molecule has 1 N–H and O–H groups in total. The number of nitrogens with zero attached hydrogens (tertiary/aromatic N) is 1. The second-order valence-corrected chi connectivity index (χ2v) is 8.62. The Bertz CT molecular complexity index is 786. The molecular weight excluding hydrogens is 348 g/mol. The van der Waals surface area contributed by atoms with E-state index in [2.05, 4.69) is 5.32 Å². The molecular formula is C16H20N2O4S2. The molecule has 1 amide bonds. The summed E-state index contributed by atoms with van der Waals surface area (Å²) in [5.41, 5.74) is 0.512. The van der Waals surface area contributed by atoms with Crippen LogP contribution in [0.25, 0.3) is 0 Å². The fourth-order valence-electron chi connectivity index (χ4n) is 1.97. The summed E-state index contributed by atoms with van der Waals surface area (Å²) in [6, 6.07) is 10.2. The molecule has 0 fully saturated rings. The van der Waals surface area contributed by atoms with Crippen LogP contribution in [0.2, 0.25) is 0 Å². The number of thiophene rings is 1. The van der Waals surface area contributed by atoms with E-state index >= 15 is 0 Å². The first-order valence-corrected chi connectivity index (χ1v) is 9.68. The number of nitrogens with one attached hydrogen (secondary N) is 1. The van der Waals surface area contributed by atoms with Gasteiger partial charge in [0.2, 0.25) is 5.91 Å². The van der Waals surface area contributed by atoms with E-state index in [4.69, 9.17) is 4.74 Å². The molecule has 0 aliphatic carbocycles. The number of sulfonamides is 1. The first kappa shape index (κ1) is 18.4. The van der Waals surface area contributed by atoms with Gasteiger partial charge in [-0.1, -0.05) is 18.2 Å². The molecule has 0 aliphatic heterocycles. The van der Waals surface area contributed by atoms with Gasteiger partial charge in [0.15, 0.2) is 0 Å². The summed E-state index contributed by atoms with van der Waals surface area (Å²) in [5.74, 6) is 0.113. The van der Waals surface area contributed by atoms with Crippen molar-refractivity contribution < 1.29 is 17.9 Å². The predicted molar refractivity (Wildman–Crippen MR) is 95.0 cm³/mol. The Morgan fingerprint density at radius 3 is 2.58 bits per heavy atom. The number of rotatable bonds is 7. The van der Waals surface area contributed by atoms with Crippen molar-refractivity contribution in [3.8, 4) is 5.75 Å². The number of ether oxygens (including phenoxy) is 1. The minimum atomic E-state index is -3.65. The summed E-state index contributed by atoms with van der Waals surface area (Å²) < 4.78 is 31.5. The topological polar surface area (TPSA) is 75.7 Å². The van der Waals surface area contributed by atoms with E-state index in [1.165, 1.54) is 13.1 Å². The van der Waals surface area contributed by atoms with Crippen LogP contribution in [0.4, 0.5) is 5.69 Å². The van der Waals surface area contributed by atoms with Gasteiger partial charge in [-0.15, -0.1) is 11.3 Å². The molecule has 0 aliphatic rings. The van der Waals surface area contributed by atoms with Gasteiger partial charge < -0.3 is 10.1 Å². The normalized spacial score (nSPS) is 11.7. The highest BCUT2D eigenvalue weighted by Crippen LogP contribution is 2.25. The Hall–Kier alpha value is -1.90. The molecule has 2 rings (SSSR count). The zero-order chi connectivity index (χ0) is 17.7. The third kappa shape index (κ3) is 4.56. The largest absolute Gasteiger partial charge is 0.489 e. The highest BCUT2D eigenvalue weighted by molar-refractivity contribution is 7.91. The van der Waals surface area contributed by atoms with Crippen LogP contribution in [0.5, 0.6) is 5.75 Å². The van der Waals surface area contributed by atoms with Crippen LogP contribution < -0.4 is 10.1 Å². The number of hydrogen-bond acceptors (Lipinski definition) is 5. The molecule has 0 saturated carbocycles. The van der Waals surface area contributed by atoms with Crippen molar-refractivity contribution in [1.82, 2.24) is 4.31 Å². The summed E-state index contributed by atoms with van der Waals surface area (Å²) in [7, 11) is -2.27. The van der Waals surface area contributed by atoms with Crippen molar-refractivity contribution in [2.24, 2.45) is 0 Å². The Labute approximate surface area is 146 Å². The molecule has 0 saturated heterocycles. The fraction of sp³-hybridized carbons (Fsp3) is 0.312. The average molecular weight is 368 g/mol. The van der Waals surface area contributed by atoms with E-state index in [9.17, 15) is 13.2 Å². The molecule has 2 aromatic rings.